The van der Waals surface area contributed by atoms with Crippen molar-refractivity contribution in [2.45, 2.75) is 53.9 Å². The Hall–Kier alpha value is -1.60. The van der Waals surface area contributed by atoms with Crippen molar-refractivity contribution in [3.8, 4) is 5.75 Å². The molecular weight excluding hydrogens is 488 g/mol. The van der Waals surface area contributed by atoms with Crippen molar-refractivity contribution in [3.05, 3.63) is 54.4 Å². The van der Waals surface area contributed by atoms with Crippen LogP contribution in [0.3, 0.4) is 0 Å². The van der Waals surface area contributed by atoms with Gasteiger partial charge in [-0.25, -0.2) is 0 Å². The highest BCUT2D eigenvalue weighted by Crippen LogP contribution is 2.34. The van der Waals surface area contributed by atoms with Crippen LogP contribution in [-0.4, -0.2) is 12.5 Å². The molecule has 2 rings (SSSR count). The fourth-order valence-corrected chi connectivity index (χ4v) is 4.13. The number of carbonyl (C=O) groups is 1. The molecule has 0 saturated carbocycles. The van der Waals surface area contributed by atoms with E-state index in [-0.39, 0.29) is 11.5 Å². The van der Waals surface area contributed by atoms with E-state index in [1.54, 1.807) is 13.8 Å². The zero-order valence-corrected chi connectivity index (χ0v) is 20.1. The molecule has 28 heavy (non-hydrogen) atoms. The lowest BCUT2D eigenvalue weighted by Gasteiger charge is -2.19. The van der Waals surface area contributed by atoms with Gasteiger partial charge in [0.05, 0.1) is 6.61 Å². The summed E-state index contributed by atoms with van der Waals surface area (Å²) in [5.74, 6) is 0.0651. The highest BCUT2D eigenvalue weighted by atomic mass is 79.9. The topological polar surface area (TPSA) is 65.3 Å². The number of hydrogen-bond donors (Lipinski definition) is 1. The third-order valence-corrected chi connectivity index (χ3v) is 6.05. The minimum Gasteiger partial charge on any atom is -0.618 e. The summed E-state index contributed by atoms with van der Waals surface area (Å²) >= 11 is 6.97. The van der Waals surface area contributed by atoms with E-state index < -0.39 is 0 Å². The number of nitrogens with zero attached hydrogens (tertiary/aromatic N) is 1. The lowest BCUT2D eigenvalue weighted by atomic mass is 10.0. The predicted molar refractivity (Wildman–Crippen MR) is 119 cm³/mol. The highest BCUT2D eigenvalue weighted by Gasteiger charge is 2.29. The molecule has 2 aromatic rings. The Morgan fingerprint density at radius 2 is 1.68 bits per heavy atom. The number of anilines is 1. The maximum atomic E-state index is 13.3. The third-order valence-electron chi connectivity index (χ3n) is 4.66. The van der Waals surface area contributed by atoms with Crippen molar-refractivity contribution in [1.82, 2.24) is 0 Å². The fourth-order valence-electron chi connectivity index (χ4n) is 3.11. The van der Waals surface area contributed by atoms with Crippen LogP contribution in [0, 0.1) is 19.1 Å². The van der Waals surface area contributed by atoms with E-state index in [1.807, 2.05) is 32.9 Å². The summed E-state index contributed by atoms with van der Waals surface area (Å²) in [6, 6.07) is 4.02. The van der Waals surface area contributed by atoms with Gasteiger partial charge in [0, 0.05) is 24.0 Å². The Morgan fingerprint density at radius 1 is 1.11 bits per heavy atom. The second-order valence-electron chi connectivity index (χ2n) is 6.59. The molecule has 0 fully saturated rings. The van der Waals surface area contributed by atoms with Gasteiger partial charge in [-0.05, 0) is 58.5 Å². The van der Waals surface area contributed by atoms with Gasteiger partial charge in [-0.2, -0.15) is 4.73 Å². The van der Waals surface area contributed by atoms with Gasteiger partial charge < -0.3 is 15.3 Å². The summed E-state index contributed by atoms with van der Waals surface area (Å²) in [7, 11) is 0. The SMILES string of the molecule is CCCOc1c(Br)c(C)[n+]([O-])c(C)c1C(=O)Nc1c(CC)cc(Br)cc1CC. The molecule has 1 aromatic carbocycles. The molecule has 0 bridgehead atoms. The molecule has 0 saturated heterocycles. The van der Waals surface area contributed by atoms with Crippen LogP contribution >= 0.6 is 31.9 Å². The van der Waals surface area contributed by atoms with Crippen molar-refractivity contribution >= 4 is 43.5 Å². The number of hydrogen-bond acceptors (Lipinski definition) is 3. The number of ether oxygens (including phenoxy) is 1. The van der Waals surface area contributed by atoms with Crippen LogP contribution in [0.25, 0.3) is 0 Å². The van der Waals surface area contributed by atoms with E-state index in [0.29, 0.717) is 28.2 Å². The van der Waals surface area contributed by atoms with Crippen LogP contribution in [-0.2, 0) is 12.8 Å². The van der Waals surface area contributed by atoms with Gasteiger partial charge in [0.2, 0.25) is 11.4 Å². The van der Waals surface area contributed by atoms with Gasteiger partial charge in [-0.1, -0.05) is 36.7 Å². The fraction of sp³-hybridized carbons (Fsp3) is 0.429. The molecule has 0 aliphatic carbocycles. The number of benzene rings is 1. The summed E-state index contributed by atoms with van der Waals surface area (Å²) in [5, 5.41) is 15.6. The molecule has 0 radical (unpaired) electrons. The van der Waals surface area contributed by atoms with Crippen LogP contribution in [0.5, 0.6) is 5.75 Å². The van der Waals surface area contributed by atoms with Gasteiger partial charge in [0.1, 0.15) is 4.47 Å². The average Bonchev–Trinajstić information content (AvgIpc) is 2.68. The second-order valence-corrected chi connectivity index (χ2v) is 8.30. The Kier molecular flexibility index (Phi) is 7.89. The first-order chi connectivity index (χ1) is 13.3. The summed E-state index contributed by atoms with van der Waals surface area (Å²) < 4.78 is 8.11. The Morgan fingerprint density at radius 3 is 2.18 bits per heavy atom. The molecule has 5 nitrogen and oxygen atoms in total. The Bertz CT molecular complexity index is 873. The molecule has 1 N–H and O–H groups in total. The number of rotatable bonds is 7. The first-order valence-corrected chi connectivity index (χ1v) is 11.0. The van der Waals surface area contributed by atoms with Crippen molar-refractivity contribution in [1.29, 1.82) is 0 Å². The van der Waals surface area contributed by atoms with Crippen LogP contribution in [0.15, 0.2) is 21.1 Å². The van der Waals surface area contributed by atoms with Crippen LogP contribution in [0.2, 0.25) is 0 Å². The monoisotopic (exact) mass is 512 g/mol. The van der Waals surface area contributed by atoms with Gasteiger partial charge in [-0.3, -0.25) is 4.79 Å². The van der Waals surface area contributed by atoms with E-state index >= 15 is 0 Å². The summed E-state index contributed by atoms with van der Waals surface area (Å²) in [5.41, 5.74) is 3.91. The van der Waals surface area contributed by atoms with E-state index in [2.05, 4.69) is 37.2 Å². The maximum absolute atomic E-state index is 13.3. The molecule has 0 atom stereocenters. The highest BCUT2D eigenvalue weighted by molar-refractivity contribution is 9.10. The Labute approximate surface area is 183 Å². The molecule has 0 spiro atoms. The predicted octanol–water partition coefficient (Wildman–Crippen LogP) is 5.63. The molecule has 1 heterocycles. The van der Waals surface area contributed by atoms with E-state index in [9.17, 15) is 10.0 Å². The number of nitrogens with one attached hydrogen (secondary N) is 1. The molecule has 7 heteroatoms. The van der Waals surface area contributed by atoms with Crippen LogP contribution in [0.4, 0.5) is 5.69 Å². The first kappa shape index (κ1) is 22.7. The number of carbonyl (C=O) groups excluding carboxylic acids is 1. The minimum absolute atomic E-state index is 0.257. The van der Waals surface area contributed by atoms with Crippen LogP contribution < -0.4 is 14.8 Å². The van der Waals surface area contributed by atoms with Crippen molar-refractivity contribution < 1.29 is 14.3 Å². The largest absolute Gasteiger partial charge is 0.618 e. The van der Waals surface area contributed by atoms with E-state index in [1.165, 1.54) is 0 Å². The van der Waals surface area contributed by atoms with Gasteiger partial charge in [0.25, 0.3) is 5.91 Å². The lowest BCUT2D eigenvalue weighted by molar-refractivity contribution is -0.619. The quantitative estimate of drug-likeness (QED) is 0.385. The van der Waals surface area contributed by atoms with Gasteiger partial charge in [-0.15, -0.1) is 0 Å². The minimum atomic E-state index is -0.347. The van der Waals surface area contributed by atoms with Crippen LogP contribution in [0.1, 0.15) is 60.1 Å². The maximum Gasteiger partial charge on any atom is 0.265 e. The Balaban J connectivity index is 2.59. The summed E-state index contributed by atoms with van der Waals surface area (Å²) in [6.45, 7) is 9.89. The molecule has 0 aliphatic heterocycles. The second kappa shape index (κ2) is 9.74. The number of aromatic nitrogens is 1. The molecule has 1 amide bonds. The lowest BCUT2D eigenvalue weighted by Crippen LogP contribution is -2.37. The van der Waals surface area contributed by atoms with E-state index in [4.69, 9.17) is 4.74 Å². The number of halogens is 2. The zero-order valence-electron chi connectivity index (χ0n) is 16.9. The smallest absolute Gasteiger partial charge is 0.265 e. The number of pyridine rings is 1. The zero-order chi connectivity index (χ0) is 21.0. The van der Waals surface area contributed by atoms with Crippen molar-refractivity contribution in [2.75, 3.05) is 11.9 Å². The number of aryl methyl sites for hydroxylation is 2. The summed E-state index contributed by atoms with van der Waals surface area (Å²) in [4.78, 5) is 13.3. The standard InChI is InChI=1S/C21H26Br2N2O3/c1-6-9-28-20-17(12(4)25(27)13(5)18(20)23)21(26)24-19-14(7-2)10-16(22)11-15(19)8-3/h10-11H,6-9H2,1-5H3,(H,24,26). The first-order valence-electron chi connectivity index (χ1n) is 9.44. The molecule has 0 unspecified atom stereocenters. The van der Waals surface area contributed by atoms with Crippen molar-refractivity contribution in [3.63, 3.8) is 0 Å². The van der Waals surface area contributed by atoms with Crippen molar-refractivity contribution in [2.24, 2.45) is 0 Å². The van der Waals surface area contributed by atoms with E-state index in [0.717, 1.165) is 45.3 Å². The molecule has 1 aromatic heterocycles. The van der Waals surface area contributed by atoms with Gasteiger partial charge >= 0.3 is 0 Å². The molecule has 152 valence electrons. The number of amides is 1. The molecular formula is C21H26Br2N2O3. The average molecular weight is 514 g/mol. The summed E-state index contributed by atoms with van der Waals surface area (Å²) in [6.07, 6.45) is 2.35. The van der Waals surface area contributed by atoms with Gasteiger partial charge in [0.15, 0.2) is 11.3 Å². The third kappa shape index (κ3) is 4.51. The normalized spacial score (nSPS) is 10.8. The molecule has 0 aliphatic rings.